The summed E-state index contributed by atoms with van der Waals surface area (Å²) in [6, 6.07) is 6.49. The van der Waals surface area contributed by atoms with Gasteiger partial charge in [0.05, 0.1) is 26.0 Å². The third-order valence-electron chi connectivity index (χ3n) is 3.28. The molecule has 2 N–H and O–H groups in total. The number of carbonyl (C=O) groups is 1. The Morgan fingerprint density at radius 2 is 2.24 bits per heavy atom. The number of nitrogens with zero attached hydrogens (tertiary/aromatic N) is 3. The number of aromatic nitrogens is 3. The lowest BCUT2D eigenvalue weighted by atomic mass is 10.1. The Labute approximate surface area is 151 Å². The van der Waals surface area contributed by atoms with Crippen LogP contribution in [0.25, 0.3) is 11.3 Å². The fraction of sp³-hybridized carbons (Fsp3) is 0.188. The summed E-state index contributed by atoms with van der Waals surface area (Å²) in [5.74, 6) is -0.337. The molecule has 0 aliphatic heterocycles. The summed E-state index contributed by atoms with van der Waals surface area (Å²) in [5.41, 5.74) is 1.00. The number of halogens is 1. The second-order valence-electron chi connectivity index (χ2n) is 5.16. The molecule has 0 fully saturated rings. The van der Waals surface area contributed by atoms with Crippen LogP contribution in [0.15, 0.2) is 45.8 Å². The van der Waals surface area contributed by atoms with Crippen LogP contribution in [0.4, 0.5) is 9.18 Å². The average molecular weight is 378 g/mol. The van der Waals surface area contributed by atoms with Crippen molar-refractivity contribution in [2.75, 3.05) is 6.54 Å². The van der Waals surface area contributed by atoms with Gasteiger partial charge in [0.2, 0.25) is 0 Å². The molecule has 0 aliphatic carbocycles. The number of rotatable bonds is 6. The van der Waals surface area contributed by atoms with Gasteiger partial charge in [-0.3, -0.25) is 4.68 Å². The Morgan fingerprint density at radius 1 is 1.44 bits per heavy atom. The zero-order chi connectivity index (χ0) is 17.8. The maximum absolute atomic E-state index is 14.2. The summed E-state index contributed by atoms with van der Waals surface area (Å²) >= 11 is 2.90. The minimum absolute atomic E-state index is 0.260. The number of nitrogens with one attached hydrogen (secondary N) is 1. The molecule has 2 heterocycles. The Hall–Kier alpha value is -2.39. The number of carboxylic acid groups (broad SMARTS) is 1. The summed E-state index contributed by atoms with van der Waals surface area (Å²) in [4.78, 5) is 16.0. The lowest BCUT2D eigenvalue weighted by Gasteiger charge is -2.02. The summed E-state index contributed by atoms with van der Waals surface area (Å²) in [6.07, 6.45) is 2.99. The van der Waals surface area contributed by atoms with E-state index in [4.69, 9.17) is 5.11 Å². The molecule has 0 unspecified atom stereocenters. The minimum atomic E-state index is -1.07. The molecular formula is C16H15FN4O2S2. The first kappa shape index (κ1) is 17.4. The molecule has 25 heavy (non-hydrogen) atoms. The molecule has 0 aliphatic rings. The molecule has 0 saturated carbocycles. The maximum atomic E-state index is 14.2. The van der Waals surface area contributed by atoms with Gasteiger partial charge in [-0.25, -0.2) is 14.2 Å². The van der Waals surface area contributed by atoms with Crippen LogP contribution >= 0.6 is 23.1 Å². The third kappa shape index (κ3) is 4.37. The summed E-state index contributed by atoms with van der Waals surface area (Å²) in [5, 5.41) is 15.9. The Balaban J connectivity index is 1.91. The van der Waals surface area contributed by atoms with Crippen LogP contribution < -0.4 is 5.32 Å². The number of thiazole rings is 1. The van der Waals surface area contributed by atoms with Crippen molar-refractivity contribution in [3.63, 3.8) is 0 Å². The van der Waals surface area contributed by atoms with Gasteiger partial charge in [0.1, 0.15) is 5.82 Å². The lowest BCUT2D eigenvalue weighted by molar-refractivity contribution is 0.194. The molecule has 3 rings (SSSR count). The largest absolute Gasteiger partial charge is 0.465 e. The van der Waals surface area contributed by atoms with E-state index in [-0.39, 0.29) is 12.4 Å². The number of amides is 1. The van der Waals surface area contributed by atoms with Crippen molar-refractivity contribution in [1.82, 2.24) is 20.1 Å². The first-order valence-corrected chi connectivity index (χ1v) is 9.04. The number of benzene rings is 1. The quantitative estimate of drug-likeness (QED) is 0.684. The van der Waals surface area contributed by atoms with Crippen LogP contribution in [-0.4, -0.2) is 32.5 Å². The Kier molecular flexibility index (Phi) is 5.34. The fourth-order valence-electron chi connectivity index (χ4n) is 2.18. The summed E-state index contributed by atoms with van der Waals surface area (Å²) in [7, 11) is 1.83. The molecular weight excluding hydrogens is 363 g/mol. The van der Waals surface area contributed by atoms with Crippen LogP contribution in [0.3, 0.4) is 0 Å². The van der Waals surface area contributed by atoms with E-state index in [2.05, 4.69) is 15.4 Å². The molecule has 6 nitrogen and oxygen atoms in total. The molecule has 1 aromatic carbocycles. The molecule has 9 heteroatoms. The van der Waals surface area contributed by atoms with E-state index in [1.54, 1.807) is 29.1 Å². The molecule has 0 atom stereocenters. The van der Waals surface area contributed by atoms with Gasteiger partial charge in [-0.15, -0.1) is 11.3 Å². The fourth-order valence-corrected chi connectivity index (χ4v) is 4.51. The zero-order valence-electron chi connectivity index (χ0n) is 13.3. The number of hydrogen-bond donors (Lipinski definition) is 2. The Morgan fingerprint density at radius 3 is 2.92 bits per heavy atom. The zero-order valence-corrected chi connectivity index (χ0v) is 14.9. The lowest BCUT2D eigenvalue weighted by Crippen LogP contribution is -2.23. The van der Waals surface area contributed by atoms with Crippen LogP contribution in [0.1, 0.15) is 5.01 Å². The van der Waals surface area contributed by atoms with Crippen molar-refractivity contribution in [1.29, 1.82) is 0 Å². The molecule has 0 spiro atoms. The maximum Gasteiger partial charge on any atom is 0.404 e. The van der Waals surface area contributed by atoms with E-state index in [1.165, 1.54) is 29.2 Å². The van der Waals surface area contributed by atoms with Gasteiger partial charge >= 0.3 is 6.09 Å². The molecule has 2 aromatic heterocycles. The highest BCUT2D eigenvalue weighted by atomic mass is 32.2. The Bertz CT molecular complexity index is 894. The number of aryl methyl sites for hydroxylation is 1. The monoisotopic (exact) mass is 378 g/mol. The van der Waals surface area contributed by atoms with Crippen molar-refractivity contribution in [2.45, 2.75) is 15.5 Å². The number of hydrogen-bond acceptors (Lipinski definition) is 5. The van der Waals surface area contributed by atoms with Gasteiger partial charge in [0.25, 0.3) is 0 Å². The highest BCUT2D eigenvalue weighted by Gasteiger charge is 2.17. The normalized spacial score (nSPS) is 10.8. The standard InChI is InChI=1S/C16H15FN4O2S2/c1-21-9-10(8-19-21)24-15-14(11-4-2-3-5-12(11)17)20-13(25-15)6-7-18-16(22)23/h2-5,8-9,18H,6-7H2,1H3,(H,22,23). The van der Waals surface area contributed by atoms with Gasteiger partial charge in [-0.2, -0.15) is 5.10 Å². The molecule has 0 saturated heterocycles. The van der Waals surface area contributed by atoms with Crippen LogP contribution in [0.2, 0.25) is 0 Å². The van der Waals surface area contributed by atoms with E-state index in [9.17, 15) is 9.18 Å². The highest BCUT2D eigenvalue weighted by Crippen LogP contribution is 2.40. The van der Waals surface area contributed by atoms with Crippen LogP contribution in [-0.2, 0) is 13.5 Å². The van der Waals surface area contributed by atoms with Crippen molar-refractivity contribution >= 4 is 29.2 Å². The molecule has 3 aromatic rings. The molecule has 0 bridgehead atoms. The van der Waals surface area contributed by atoms with Crippen LogP contribution in [0, 0.1) is 5.82 Å². The summed E-state index contributed by atoms with van der Waals surface area (Å²) in [6.45, 7) is 0.260. The van der Waals surface area contributed by atoms with Crippen LogP contribution in [0.5, 0.6) is 0 Å². The van der Waals surface area contributed by atoms with Gasteiger partial charge in [-0.1, -0.05) is 23.9 Å². The van der Waals surface area contributed by atoms with Crippen molar-refractivity contribution < 1.29 is 14.3 Å². The first-order chi connectivity index (χ1) is 12.0. The average Bonchev–Trinajstić information content (AvgIpc) is 3.14. The summed E-state index contributed by atoms with van der Waals surface area (Å²) < 4.78 is 16.8. The second kappa shape index (κ2) is 7.66. The topological polar surface area (TPSA) is 80.0 Å². The van der Waals surface area contributed by atoms with E-state index in [1.807, 2.05) is 13.2 Å². The minimum Gasteiger partial charge on any atom is -0.465 e. The van der Waals surface area contributed by atoms with Crippen molar-refractivity contribution in [3.8, 4) is 11.3 Å². The van der Waals surface area contributed by atoms with Crippen molar-refractivity contribution in [3.05, 3.63) is 47.5 Å². The predicted octanol–water partition coefficient (Wildman–Crippen LogP) is 3.64. The van der Waals surface area contributed by atoms with Gasteiger partial charge in [0.15, 0.2) is 0 Å². The van der Waals surface area contributed by atoms with Gasteiger partial charge < -0.3 is 10.4 Å². The predicted molar refractivity (Wildman–Crippen MR) is 94.6 cm³/mol. The molecule has 0 radical (unpaired) electrons. The molecule has 1 amide bonds. The van der Waals surface area contributed by atoms with E-state index in [0.29, 0.717) is 17.7 Å². The third-order valence-corrected chi connectivity index (χ3v) is 5.51. The first-order valence-electron chi connectivity index (χ1n) is 7.41. The van der Waals surface area contributed by atoms with E-state index in [0.717, 1.165) is 14.1 Å². The highest BCUT2D eigenvalue weighted by molar-refractivity contribution is 8.01. The second-order valence-corrected chi connectivity index (χ2v) is 7.58. The van der Waals surface area contributed by atoms with Gasteiger partial charge in [-0.05, 0) is 12.1 Å². The van der Waals surface area contributed by atoms with Gasteiger partial charge in [0, 0.05) is 31.8 Å². The van der Waals surface area contributed by atoms with E-state index < -0.39 is 6.09 Å². The SMILES string of the molecule is Cn1cc(Sc2sc(CCNC(=O)O)nc2-c2ccccc2F)cn1. The van der Waals surface area contributed by atoms with E-state index >= 15 is 0 Å². The molecule has 130 valence electrons. The smallest absolute Gasteiger partial charge is 0.404 e. The van der Waals surface area contributed by atoms with Crippen molar-refractivity contribution in [2.24, 2.45) is 7.05 Å².